The van der Waals surface area contributed by atoms with Crippen LogP contribution in [0.4, 0.5) is 0 Å². The summed E-state index contributed by atoms with van der Waals surface area (Å²) >= 11 is 0. The van der Waals surface area contributed by atoms with Gasteiger partial charge in [0.05, 0.1) is 11.4 Å². The number of hydrogen-bond donors (Lipinski definition) is 2. The number of benzene rings is 2. The molecule has 0 bridgehead atoms. The number of rotatable bonds is 5. The van der Waals surface area contributed by atoms with Gasteiger partial charge in [0.1, 0.15) is 0 Å². The summed E-state index contributed by atoms with van der Waals surface area (Å²) in [5.41, 5.74) is 10.5. The second-order valence-electron chi connectivity index (χ2n) is 6.77. The zero-order chi connectivity index (χ0) is 20.1. The van der Waals surface area contributed by atoms with Crippen molar-refractivity contribution in [1.82, 2.24) is 20.6 Å². The van der Waals surface area contributed by atoms with E-state index in [0.717, 1.165) is 28.2 Å². The lowest BCUT2D eigenvalue weighted by molar-refractivity contribution is -0.121. The monoisotopic (exact) mass is 376 g/mol. The topological polar surface area (TPSA) is 76.0 Å². The third-order valence-corrected chi connectivity index (χ3v) is 4.67. The smallest absolute Gasteiger partial charge is 0.269 e. The van der Waals surface area contributed by atoms with Crippen LogP contribution in [0, 0.1) is 20.8 Å². The van der Waals surface area contributed by atoms with Crippen molar-refractivity contribution in [2.45, 2.75) is 33.6 Å². The number of hydrazine groups is 1. The molecule has 3 rings (SSSR count). The summed E-state index contributed by atoms with van der Waals surface area (Å²) in [7, 11) is 0. The SMILES string of the molecule is Cc1ccc(C(=O)NNC(=O)CCc2c(C)nn(-c3ccccc3)c2C)cc1. The molecule has 3 aromatic rings. The first-order valence-electron chi connectivity index (χ1n) is 9.22. The quantitative estimate of drug-likeness (QED) is 0.672. The first-order chi connectivity index (χ1) is 13.5. The highest BCUT2D eigenvalue weighted by atomic mass is 16.2. The van der Waals surface area contributed by atoms with E-state index in [1.165, 1.54) is 0 Å². The largest absolute Gasteiger partial charge is 0.273 e. The molecular weight excluding hydrogens is 352 g/mol. The van der Waals surface area contributed by atoms with Crippen molar-refractivity contribution in [3.63, 3.8) is 0 Å². The summed E-state index contributed by atoms with van der Waals surface area (Å²) in [6.07, 6.45) is 0.813. The molecular formula is C22H24N4O2. The minimum absolute atomic E-state index is 0.244. The Bertz CT molecular complexity index is 976. The Balaban J connectivity index is 1.57. The number of carbonyl (C=O) groups is 2. The summed E-state index contributed by atoms with van der Waals surface area (Å²) in [6.45, 7) is 5.89. The molecule has 0 radical (unpaired) electrons. The lowest BCUT2D eigenvalue weighted by atomic mass is 10.1. The van der Waals surface area contributed by atoms with E-state index in [1.54, 1.807) is 12.1 Å². The molecule has 2 aromatic carbocycles. The van der Waals surface area contributed by atoms with Gasteiger partial charge in [-0.1, -0.05) is 35.9 Å². The van der Waals surface area contributed by atoms with Gasteiger partial charge in [-0.2, -0.15) is 5.10 Å². The van der Waals surface area contributed by atoms with Crippen LogP contribution >= 0.6 is 0 Å². The molecule has 144 valence electrons. The van der Waals surface area contributed by atoms with Crippen LogP contribution in [0.1, 0.15) is 39.3 Å². The molecule has 0 unspecified atom stereocenters. The predicted molar refractivity (Wildman–Crippen MR) is 108 cm³/mol. The van der Waals surface area contributed by atoms with Crippen LogP contribution < -0.4 is 10.9 Å². The molecule has 6 nitrogen and oxygen atoms in total. The third-order valence-electron chi connectivity index (χ3n) is 4.67. The molecule has 0 aliphatic rings. The van der Waals surface area contributed by atoms with Crippen LogP contribution in [-0.2, 0) is 11.2 Å². The van der Waals surface area contributed by atoms with E-state index in [1.807, 2.05) is 67.9 Å². The van der Waals surface area contributed by atoms with Gasteiger partial charge in [0.2, 0.25) is 5.91 Å². The second kappa shape index (κ2) is 8.52. The Morgan fingerprint density at radius 2 is 1.61 bits per heavy atom. The van der Waals surface area contributed by atoms with E-state index < -0.39 is 0 Å². The Morgan fingerprint density at radius 3 is 2.29 bits per heavy atom. The standard InChI is InChI=1S/C22H24N4O2/c1-15-9-11-18(12-10-15)22(28)24-23-21(27)14-13-20-16(2)25-26(17(20)3)19-7-5-4-6-8-19/h4-12H,13-14H2,1-3H3,(H,23,27)(H,24,28). The van der Waals surface area contributed by atoms with E-state index in [9.17, 15) is 9.59 Å². The van der Waals surface area contributed by atoms with E-state index in [0.29, 0.717) is 12.0 Å². The van der Waals surface area contributed by atoms with Crippen molar-refractivity contribution in [1.29, 1.82) is 0 Å². The zero-order valence-electron chi connectivity index (χ0n) is 16.3. The lowest BCUT2D eigenvalue weighted by Crippen LogP contribution is -2.41. The van der Waals surface area contributed by atoms with Gasteiger partial charge in [-0.3, -0.25) is 20.4 Å². The Hall–Kier alpha value is -3.41. The number of hydrogen-bond acceptors (Lipinski definition) is 3. The van der Waals surface area contributed by atoms with E-state index in [2.05, 4.69) is 16.0 Å². The summed E-state index contributed by atoms with van der Waals surface area (Å²) in [4.78, 5) is 24.2. The van der Waals surface area contributed by atoms with Crippen LogP contribution in [0.3, 0.4) is 0 Å². The molecule has 0 saturated carbocycles. The van der Waals surface area contributed by atoms with Gasteiger partial charge < -0.3 is 0 Å². The molecule has 0 saturated heterocycles. The molecule has 1 aromatic heterocycles. The summed E-state index contributed by atoms with van der Waals surface area (Å²) in [5.74, 6) is -0.579. The van der Waals surface area contributed by atoms with Crippen molar-refractivity contribution in [2.75, 3.05) is 0 Å². The zero-order valence-corrected chi connectivity index (χ0v) is 16.3. The van der Waals surface area contributed by atoms with Crippen molar-refractivity contribution in [3.05, 3.63) is 82.7 Å². The fourth-order valence-electron chi connectivity index (χ4n) is 3.06. The highest BCUT2D eigenvalue weighted by Gasteiger charge is 2.14. The minimum Gasteiger partial charge on any atom is -0.273 e. The molecule has 0 aliphatic heterocycles. The van der Waals surface area contributed by atoms with Crippen LogP contribution in [0.15, 0.2) is 54.6 Å². The highest BCUT2D eigenvalue weighted by molar-refractivity contribution is 5.95. The maximum atomic E-state index is 12.2. The summed E-state index contributed by atoms with van der Waals surface area (Å²) in [5, 5.41) is 4.59. The number of amides is 2. The van der Waals surface area contributed by atoms with Crippen molar-refractivity contribution < 1.29 is 9.59 Å². The molecule has 1 heterocycles. The maximum Gasteiger partial charge on any atom is 0.269 e. The normalized spacial score (nSPS) is 10.5. The molecule has 2 amide bonds. The van der Waals surface area contributed by atoms with Gasteiger partial charge in [-0.05, 0) is 57.0 Å². The average molecular weight is 376 g/mol. The maximum absolute atomic E-state index is 12.2. The number of nitrogens with one attached hydrogen (secondary N) is 2. The number of nitrogens with zero attached hydrogens (tertiary/aromatic N) is 2. The van der Waals surface area contributed by atoms with Crippen LogP contribution in [-0.4, -0.2) is 21.6 Å². The van der Waals surface area contributed by atoms with Crippen molar-refractivity contribution >= 4 is 11.8 Å². The molecule has 6 heteroatoms. The molecule has 0 atom stereocenters. The van der Waals surface area contributed by atoms with Gasteiger partial charge in [0, 0.05) is 17.7 Å². The van der Waals surface area contributed by atoms with Crippen molar-refractivity contribution in [3.8, 4) is 5.69 Å². The molecule has 0 fully saturated rings. The van der Waals surface area contributed by atoms with E-state index in [-0.39, 0.29) is 18.2 Å². The first kappa shape index (κ1) is 19.4. The first-order valence-corrected chi connectivity index (χ1v) is 9.22. The fraction of sp³-hybridized carbons (Fsp3) is 0.227. The molecule has 0 spiro atoms. The summed E-state index contributed by atoms with van der Waals surface area (Å²) in [6, 6.07) is 17.0. The number of aryl methyl sites for hydroxylation is 2. The average Bonchev–Trinajstić information content (AvgIpc) is 2.99. The van der Waals surface area contributed by atoms with Gasteiger partial charge in [-0.25, -0.2) is 4.68 Å². The second-order valence-corrected chi connectivity index (χ2v) is 6.77. The van der Waals surface area contributed by atoms with Gasteiger partial charge >= 0.3 is 0 Å². The minimum atomic E-state index is -0.336. The number of para-hydroxylation sites is 1. The van der Waals surface area contributed by atoms with Gasteiger partial charge in [0.15, 0.2) is 0 Å². The number of carbonyl (C=O) groups excluding carboxylic acids is 2. The Kier molecular flexibility index (Phi) is 5.89. The van der Waals surface area contributed by atoms with E-state index in [4.69, 9.17) is 0 Å². The fourth-order valence-corrected chi connectivity index (χ4v) is 3.06. The number of aromatic nitrogens is 2. The molecule has 2 N–H and O–H groups in total. The van der Waals surface area contributed by atoms with Crippen molar-refractivity contribution in [2.24, 2.45) is 0 Å². The van der Waals surface area contributed by atoms with Gasteiger partial charge in [0.25, 0.3) is 5.91 Å². The lowest BCUT2D eigenvalue weighted by Gasteiger charge is -2.08. The molecule has 0 aliphatic carbocycles. The Labute approximate surface area is 164 Å². The van der Waals surface area contributed by atoms with Crippen LogP contribution in [0.2, 0.25) is 0 Å². The molecule has 28 heavy (non-hydrogen) atoms. The highest BCUT2D eigenvalue weighted by Crippen LogP contribution is 2.19. The predicted octanol–water partition coefficient (Wildman–Crippen LogP) is 3.19. The Morgan fingerprint density at radius 1 is 0.929 bits per heavy atom. The summed E-state index contributed by atoms with van der Waals surface area (Å²) < 4.78 is 1.89. The third kappa shape index (κ3) is 4.46. The van der Waals surface area contributed by atoms with Crippen LogP contribution in [0.5, 0.6) is 0 Å². The van der Waals surface area contributed by atoms with E-state index >= 15 is 0 Å². The van der Waals surface area contributed by atoms with Gasteiger partial charge in [-0.15, -0.1) is 0 Å². The van der Waals surface area contributed by atoms with Crippen LogP contribution in [0.25, 0.3) is 5.69 Å².